The molecule has 0 bridgehead atoms. The number of nitrogens with one attached hydrogen (secondary N) is 2. The number of aromatic nitrogens is 2. The van der Waals surface area contributed by atoms with Gasteiger partial charge in [0.2, 0.25) is 0 Å². The molecular formula is C31H37N5O3. The maximum atomic E-state index is 13.4. The van der Waals surface area contributed by atoms with Gasteiger partial charge in [0.25, 0.3) is 5.91 Å². The zero-order valence-corrected chi connectivity index (χ0v) is 22.7. The third kappa shape index (κ3) is 5.96. The zero-order valence-electron chi connectivity index (χ0n) is 22.7. The number of pyridine rings is 2. The first-order chi connectivity index (χ1) is 18.9. The second-order valence-corrected chi connectivity index (χ2v) is 10.8. The van der Waals surface area contributed by atoms with Crippen LogP contribution in [0.4, 0.5) is 4.79 Å². The molecule has 1 fully saturated rings. The van der Waals surface area contributed by atoms with Crippen LogP contribution >= 0.6 is 0 Å². The molecule has 1 atom stereocenters. The molecule has 1 aliphatic carbocycles. The summed E-state index contributed by atoms with van der Waals surface area (Å²) < 4.78 is 0. The lowest BCUT2D eigenvalue weighted by molar-refractivity contribution is 0.0922. The summed E-state index contributed by atoms with van der Waals surface area (Å²) in [4.78, 5) is 37.6. The first-order valence-electron chi connectivity index (χ1n) is 14.0. The lowest BCUT2D eigenvalue weighted by Crippen LogP contribution is -2.42. The highest BCUT2D eigenvalue weighted by atomic mass is 16.3. The van der Waals surface area contributed by atoms with Gasteiger partial charge >= 0.3 is 6.03 Å². The van der Waals surface area contributed by atoms with E-state index >= 15 is 0 Å². The third-order valence-corrected chi connectivity index (χ3v) is 7.57. The average molecular weight is 528 g/mol. The van der Waals surface area contributed by atoms with Gasteiger partial charge < -0.3 is 20.6 Å². The van der Waals surface area contributed by atoms with Crippen LogP contribution in [0, 0.1) is 0 Å². The monoisotopic (exact) mass is 527 g/mol. The molecular weight excluding hydrogens is 490 g/mol. The Balaban J connectivity index is 1.59. The minimum Gasteiger partial charge on any atom is -0.396 e. The molecule has 8 nitrogen and oxygen atoms in total. The van der Waals surface area contributed by atoms with Crippen LogP contribution in [0.3, 0.4) is 0 Å². The summed E-state index contributed by atoms with van der Waals surface area (Å²) in [5.74, 6) is -0.182. The summed E-state index contributed by atoms with van der Waals surface area (Å²) in [5.41, 5.74) is 5.62. The van der Waals surface area contributed by atoms with Crippen molar-refractivity contribution in [2.45, 2.75) is 77.0 Å². The second kappa shape index (κ2) is 11.9. The Kier molecular flexibility index (Phi) is 8.21. The van der Waals surface area contributed by atoms with E-state index in [1.165, 1.54) is 6.42 Å². The molecule has 0 radical (unpaired) electrons. The molecule has 39 heavy (non-hydrogen) atoms. The fourth-order valence-corrected chi connectivity index (χ4v) is 5.75. The van der Waals surface area contributed by atoms with Crippen LogP contribution in [-0.2, 0) is 6.54 Å². The van der Waals surface area contributed by atoms with E-state index in [-0.39, 0.29) is 36.7 Å². The summed E-state index contributed by atoms with van der Waals surface area (Å²) in [5, 5.41) is 16.1. The molecule has 1 aromatic carbocycles. The van der Waals surface area contributed by atoms with Crippen LogP contribution in [0.5, 0.6) is 0 Å². The van der Waals surface area contributed by atoms with Gasteiger partial charge in [0, 0.05) is 54.3 Å². The number of benzene rings is 1. The first-order valence-corrected chi connectivity index (χ1v) is 14.0. The number of nitrogens with zero attached hydrogens (tertiary/aromatic N) is 3. The highest BCUT2D eigenvalue weighted by molar-refractivity contribution is 5.94. The standard InChI is InChI=1S/C31H37N5O3/c1-20(2)33-31(39)36-19-24-17-26(30(38)34-25-11-4-3-5-12-25)35-29(28(24)27(36)13-15-37)22-9-6-8-21(16-22)23-10-7-14-32-18-23/h6-10,14,16-18,20,25,27,37H,3-5,11-13,15,19H2,1-2H3,(H,33,39)(H,34,38)/t27-/m1/s1. The van der Waals surface area contributed by atoms with Gasteiger partial charge in [0.1, 0.15) is 5.69 Å². The van der Waals surface area contributed by atoms with E-state index in [0.717, 1.165) is 53.5 Å². The Bertz CT molecular complexity index is 1320. The zero-order chi connectivity index (χ0) is 27.4. The van der Waals surface area contributed by atoms with Crippen LogP contribution in [0.15, 0.2) is 54.9 Å². The van der Waals surface area contributed by atoms with E-state index in [9.17, 15) is 14.7 Å². The number of rotatable bonds is 7. The van der Waals surface area contributed by atoms with E-state index in [2.05, 4.69) is 21.7 Å². The largest absolute Gasteiger partial charge is 0.396 e. The Morgan fingerprint density at radius 2 is 1.82 bits per heavy atom. The normalized spacial score (nSPS) is 17.2. The van der Waals surface area contributed by atoms with Gasteiger partial charge in [0.15, 0.2) is 0 Å². The number of carbonyl (C=O) groups is 2. The minimum absolute atomic E-state index is 0.0263. The van der Waals surface area contributed by atoms with Crippen molar-refractivity contribution >= 4 is 11.9 Å². The molecule has 1 saturated carbocycles. The van der Waals surface area contributed by atoms with E-state index in [1.54, 1.807) is 11.1 Å². The number of hydrogen-bond donors (Lipinski definition) is 3. The number of carbonyl (C=O) groups excluding carboxylic acids is 2. The molecule has 0 unspecified atom stereocenters. The van der Waals surface area contributed by atoms with Gasteiger partial charge in [-0.25, -0.2) is 9.78 Å². The van der Waals surface area contributed by atoms with E-state index in [4.69, 9.17) is 4.98 Å². The molecule has 0 spiro atoms. The Hall–Kier alpha value is -3.78. The van der Waals surface area contributed by atoms with Crippen LogP contribution in [0.2, 0.25) is 0 Å². The van der Waals surface area contributed by atoms with Crippen molar-refractivity contribution in [3.63, 3.8) is 0 Å². The van der Waals surface area contributed by atoms with Gasteiger partial charge in [-0.1, -0.05) is 43.5 Å². The summed E-state index contributed by atoms with van der Waals surface area (Å²) in [6.07, 6.45) is 9.36. The van der Waals surface area contributed by atoms with Gasteiger partial charge in [-0.15, -0.1) is 0 Å². The van der Waals surface area contributed by atoms with E-state index in [1.807, 2.05) is 56.4 Å². The second-order valence-electron chi connectivity index (χ2n) is 10.8. The summed E-state index contributed by atoms with van der Waals surface area (Å²) in [6.45, 7) is 4.12. The van der Waals surface area contributed by atoms with Crippen molar-refractivity contribution in [2.24, 2.45) is 0 Å². The van der Waals surface area contributed by atoms with Crippen LogP contribution in [-0.4, -0.2) is 50.6 Å². The molecule has 0 saturated heterocycles. The molecule has 2 aliphatic rings. The highest BCUT2D eigenvalue weighted by Gasteiger charge is 2.37. The maximum absolute atomic E-state index is 13.4. The van der Waals surface area contributed by atoms with E-state index < -0.39 is 0 Å². The van der Waals surface area contributed by atoms with Crippen molar-refractivity contribution in [3.8, 4) is 22.4 Å². The summed E-state index contributed by atoms with van der Waals surface area (Å²) in [6, 6.07) is 13.3. The molecule has 3 heterocycles. The van der Waals surface area contributed by atoms with Crippen molar-refractivity contribution in [1.29, 1.82) is 0 Å². The predicted molar refractivity (Wildman–Crippen MR) is 151 cm³/mol. The fourth-order valence-electron chi connectivity index (χ4n) is 5.75. The highest BCUT2D eigenvalue weighted by Crippen LogP contribution is 2.42. The Morgan fingerprint density at radius 1 is 1.05 bits per heavy atom. The smallest absolute Gasteiger partial charge is 0.318 e. The maximum Gasteiger partial charge on any atom is 0.318 e. The topological polar surface area (TPSA) is 107 Å². The average Bonchev–Trinajstić information content (AvgIpc) is 3.32. The van der Waals surface area contributed by atoms with E-state index in [0.29, 0.717) is 24.4 Å². The fraction of sp³-hybridized carbons (Fsp3) is 0.419. The number of hydrogen-bond acceptors (Lipinski definition) is 5. The molecule has 8 heteroatoms. The SMILES string of the molecule is CC(C)NC(=O)N1Cc2cc(C(=O)NC3CCCCC3)nc(-c3cccc(-c4cccnc4)c3)c2[C@H]1CCO. The van der Waals surface area contributed by atoms with Crippen molar-refractivity contribution < 1.29 is 14.7 Å². The number of fused-ring (bicyclic) bond motifs is 1. The lowest BCUT2D eigenvalue weighted by Gasteiger charge is -2.27. The first kappa shape index (κ1) is 26.8. The van der Waals surface area contributed by atoms with Crippen LogP contribution in [0.25, 0.3) is 22.4 Å². The number of aliphatic hydroxyl groups excluding tert-OH is 1. The quantitative estimate of drug-likeness (QED) is 0.390. The van der Waals surface area contributed by atoms with Crippen LogP contribution in [0.1, 0.15) is 80.0 Å². The molecule has 5 rings (SSSR count). The number of amides is 3. The van der Waals surface area contributed by atoms with Gasteiger partial charge in [-0.05, 0) is 62.4 Å². The summed E-state index contributed by atoms with van der Waals surface area (Å²) >= 11 is 0. The molecule has 3 aromatic rings. The molecule has 2 aromatic heterocycles. The predicted octanol–water partition coefficient (Wildman–Crippen LogP) is 5.23. The molecule has 3 amide bonds. The summed E-state index contributed by atoms with van der Waals surface area (Å²) in [7, 11) is 0. The third-order valence-electron chi connectivity index (χ3n) is 7.57. The van der Waals surface area contributed by atoms with Gasteiger partial charge in [-0.3, -0.25) is 9.78 Å². The Morgan fingerprint density at radius 3 is 2.54 bits per heavy atom. The van der Waals surface area contributed by atoms with Crippen molar-refractivity contribution in [1.82, 2.24) is 25.5 Å². The Labute approximate surface area is 229 Å². The van der Waals surface area contributed by atoms with Crippen LogP contribution < -0.4 is 10.6 Å². The molecule has 204 valence electrons. The number of aliphatic hydroxyl groups is 1. The van der Waals surface area contributed by atoms with Crippen molar-refractivity contribution in [3.05, 3.63) is 71.7 Å². The minimum atomic E-state index is -0.358. The molecule has 3 N–H and O–H groups in total. The van der Waals surface area contributed by atoms with Gasteiger partial charge in [0.05, 0.1) is 11.7 Å². The van der Waals surface area contributed by atoms with Gasteiger partial charge in [-0.2, -0.15) is 0 Å². The number of urea groups is 1. The molecule has 1 aliphatic heterocycles. The lowest BCUT2D eigenvalue weighted by atomic mass is 9.93. The van der Waals surface area contributed by atoms with Crippen molar-refractivity contribution in [2.75, 3.05) is 6.61 Å².